The molecular weight excluding hydrogens is 344 g/mol. The fourth-order valence-electron chi connectivity index (χ4n) is 2.41. The predicted molar refractivity (Wildman–Crippen MR) is 106 cm³/mol. The summed E-state index contributed by atoms with van der Waals surface area (Å²) in [4.78, 5) is 4.24. The molecule has 0 fully saturated rings. The zero-order valence-electron chi connectivity index (χ0n) is 16.8. The van der Waals surface area contributed by atoms with Crippen molar-refractivity contribution in [2.75, 3.05) is 20.8 Å². The molecule has 0 saturated heterocycles. The Hall–Kier alpha value is -2.70. The molecule has 0 atom stereocenters. The first-order chi connectivity index (χ1) is 13.1. The summed E-state index contributed by atoms with van der Waals surface area (Å²) in [5, 5.41) is 10.6. The van der Waals surface area contributed by atoms with E-state index in [1.807, 2.05) is 24.3 Å². The minimum Gasteiger partial charge on any atom is -0.493 e. The summed E-state index contributed by atoms with van der Waals surface area (Å²) in [7, 11) is 3.38. The van der Waals surface area contributed by atoms with E-state index in [9.17, 15) is 0 Å². The molecule has 0 unspecified atom stereocenters. The highest BCUT2D eigenvalue weighted by atomic mass is 16.5. The Morgan fingerprint density at radius 2 is 1.96 bits per heavy atom. The SMILES string of the molecule is CCCOc1ccc(CNC(=NC)NCc2cc(C(C)C)no2)cc1OC. The molecule has 148 valence electrons. The molecule has 2 rings (SSSR count). The largest absolute Gasteiger partial charge is 0.493 e. The number of nitrogens with zero attached hydrogens (tertiary/aromatic N) is 2. The van der Waals surface area contributed by atoms with Crippen molar-refractivity contribution in [1.82, 2.24) is 15.8 Å². The zero-order valence-corrected chi connectivity index (χ0v) is 16.8. The molecule has 1 aromatic heterocycles. The molecule has 27 heavy (non-hydrogen) atoms. The van der Waals surface area contributed by atoms with Crippen LogP contribution in [0.25, 0.3) is 0 Å². The molecular formula is C20H30N4O3. The van der Waals surface area contributed by atoms with E-state index in [1.54, 1.807) is 14.2 Å². The van der Waals surface area contributed by atoms with Gasteiger partial charge in [-0.25, -0.2) is 0 Å². The lowest BCUT2D eigenvalue weighted by Gasteiger charge is -2.14. The molecule has 0 radical (unpaired) electrons. The van der Waals surface area contributed by atoms with Gasteiger partial charge in [-0.15, -0.1) is 0 Å². The predicted octanol–water partition coefficient (Wildman–Crippen LogP) is 3.46. The third kappa shape index (κ3) is 6.20. The fourth-order valence-corrected chi connectivity index (χ4v) is 2.41. The summed E-state index contributed by atoms with van der Waals surface area (Å²) in [6.07, 6.45) is 0.957. The van der Waals surface area contributed by atoms with Crippen LogP contribution < -0.4 is 20.1 Å². The molecule has 0 aliphatic heterocycles. The third-order valence-electron chi connectivity index (χ3n) is 3.97. The Bertz CT molecular complexity index is 741. The minimum absolute atomic E-state index is 0.346. The highest BCUT2D eigenvalue weighted by molar-refractivity contribution is 5.79. The standard InChI is InChI=1S/C20H30N4O3/c1-6-9-26-18-8-7-15(10-19(18)25-5)12-22-20(21-4)23-13-16-11-17(14(2)3)24-27-16/h7-8,10-11,14H,6,9,12-13H2,1-5H3,(H2,21,22,23). The van der Waals surface area contributed by atoms with Gasteiger partial charge in [-0.1, -0.05) is 32.0 Å². The zero-order chi connectivity index (χ0) is 19.6. The van der Waals surface area contributed by atoms with E-state index in [0.29, 0.717) is 31.6 Å². The lowest BCUT2D eigenvalue weighted by Crippen LogP contribution is -2.36. The number of aliphatic imine (C=N–C) groups is 1. The minimum atomic E-state index is 0.346. The molecule has 0 bridgehead atoms. The highest BCUT2D eigenvalue weighted by Gasteiger charge is 2.09. The fraction of sp³-hybridized carbons (Fsp3) is 0.500. The first kappa shape index (κ1) is 20.6. The van der Waals surface area contributed by atoms with E-state index in [4.69, 9.17) is 14.0 Å². The van der Waals surface area contributed by atoms with Crippen molar-refractivity contribution in [3.8, 4) is 11.5 Å². The number of hydrogen-bond donors (Lipinski definition) is 2. The number of aromatic nitrogens is 1. The van der Waals surface area contributed by atoms with Gasteiger partial charge >= 0.3 is 0 Å². The Morgan fingerprint density at radius 1 is 1.19 bits per heavy atom. The maximum Gasteiger partial charge on any atom is 0.191 e. The van der Waals surface area contributed by atoms with Crippen molar-refractivity contribution >= 4 is 5.96 Å². The van der Waals surface area contributed by atoms with Crippen LogP contribution in [0.2, 0.25) is 0 Å². The Morgan fingerprint density at radius 3 is 2.59 bits per heavy atom. The maximum atomic E-state index is 5.69. The summed E-state index contributed by atoms with van der Waals surface area (Å²) in [6.45, 7) is 8.05. The van der Waals surface area contributed by atoms with Gasteiger partial charge in [0.25, 0.3) is 0 Å². The average Bonchev–Trinajstić information content (AvgIpc) is 3.16. The Kier molecular flexibility index (Phi) is 7.98. The molecule has 0 amide bonds. The monoisotopic (exact) mass is 374 g/mol. The number of methoxy groups -OCH3 is 1. The van der Waals surface area contributed by atoms with Crippen molar-refractivity contribution < 1.29 is 14.0 Å². The van der Waals surface area contributed by atoms with E-state index >= 15 is 0 Å². The van der Waals surface area contributed by atoms with Gasteiger partial charge in [-0.3, -0.25) is 4.99 Å². The van der Waals surface area contributed by atoms with Gasteiger partial charge in [-0.2, -0.15) is 0 Å². The number of benzene rings is 1. The molecule has 1 aromatic carbocycles. The summed E-state index contributed by atoms with van der Waals surface area (Å²) < 4.78 is 16.4. The van der Waals surface area contributed by atoms with Gasteiger partial charge in [0.2, 0.25) is 0 Å². The van der Waals surface area contributed by atoms with Crippen LogP contribution >= 0.6 is 0 Å². The van der Waals surface area contributed by atoms with Gasteiger partial charge < -0.3 is 24.6 Å². The summed E-state index contributed by atoms with van der Waals surface area (Å²) in [6, 6.07) is 7.88. The average molecular weight is 374 g/mol. The third-order valence-corrected chi connectivity index (χ3v) is 3.97. The van der Waals surface area contributed by atoms with E-state index in [2.05, 4.69) is 41.6 Å². The van der Waals surface area contributed by atoms with Crippen molar-refractivity contribution in [2.24, 2.45) is 4.99 Å². The van der Waals surface area contributed by atoms with Crippen LogP contribution in [0.1, 0.15) is 50.1 Å². The summed E-state index contributed by atoms with van der Waals surface area (Å²) in [5.41, 5.74) is 2.02. The number of rotatable bonds is 9. The second-order valence-corrected chi connectivity index (χ2v) is 6.49. The quantitative estimate of drug-likeness (QED) is 0.517. The highest BCUT2D eigenvalue weighted by Crippen LogP contribution is 2.28. The van der Waals surface area contributed by atoms with Gasteiger partial charge in [0.05, 0.1) is 26.0 Å². The topological polar surface area (TPSA) is 80.9 Å². The number of ether oxygens (including phenoxy) is 2. The van der Waals surface area contributed by atoms with Gasteiger partial charge in [0.15, 0.2) is 23.2 Å². The van der Waals surface area contributed by atoms with Gasteiger partial charge in [0, 0.05) is 19.7 Å². The molecule has 7 heteroatoms. The molecule has 2 N–H and O–H groups in total. The lowest BCUT2D eigenvalue weighted by molar-refractivity contribution is 0.294. The van der Waals surface area contributed by atoms with Crippen LogP contribution in [0, 0.1) is 0 Å². The molecule has 0 aliphatic carbocycles. The normalized spacial score (nSPS) is 11.6. The number of guanidine groups is 1. The summed E-state index contributed by atoms with van der Waals surface area (Å²) >= 11 is 0. The summed E-state index contributed by atoms with van der Waals surface area (Å²) in [5.74, 6) is 3.30. The molecule has 7 nitrogen and oxygen atoms in total. The van der Waals surface area contributed by atoms with Gasteiger partial charge in [-0.05, 0) is 30.0 Å². The second-order valence-electron chi connectivity index (χ2n) is 6.49. The van der Waals surface area contributed by atoms with E-state index < -0.39 is 0 Å². The second kappa shape index (κ2) is 10.4. The van der Waals surface area contributed by atoms with Crippen LogP contribution in [0.15, 0.2) is 33.8 Å². The first-order valence-electron chi connectivity index (χ1n) is 9.27. The van der Waals surface area contributed by atoms with Crippen LogP contribution in [-0.2, 0) is 13.1 Å². The van der Waals surface area contributed by atoms with Crippen molar-refractivity contribution in [3.63, 3.8) is 0 Å². The van der Waals surface area contributed by atoms with E-state index in [0.717, 1.165) is 34.9 Å². The van der Waals surface area contributed by atoms with Crippen molar-refractivity contribution in [3.05, 3.63) is 41.3 Å². The Labute approximate surface area is 161 Å². The molecule has 1 heterocycles. The van der Waals surface area contributed by atoms with Crippen LogP contribution in [0.3, 0.4) is 0 Å². The number of hydrogen-bond acceptors (Lipinski definition) is 5. The van der Waals surface area contributed by atoms with E-state index in [-0.39, 0.29) is 0 Å². The maximum absolute atomic E-state index is 5.69. The first-order valence-corrected chi connectivity index (χ1v) is 9.27. The van der Waals surface area contributed by atoms with Gasteiger partial charge in [0.1, 0.15) is 0 Å². The molecule has 2 aromatic rings. The molecule has 0 aliphatic rings. The molecule has 0 saturated carbocycles. The molecule has 0 spiro atoms. The lowest BCUT2D eigenvalue weighted by atomic mass is 10.1. The van der Waals surface area contributed by atoms with Crippen LogP contribution in [-0.4, -0.2) is 31.9 Å². The Balaban J connectivity index is 1.89. The van der Waals surface area contributed by atoms with Crippen LogP contribution in [0.5, 0.6) is 11.5 Å². The smallest absolute Gasteiger partial charge is 0.191 e. The van der Waals surface area contributed by atoms with Crippen molar-refractivity contribution in [2.45, 2.75) is 46.2 Å². The van der Waals surface area contributed by atoms with Crippen molar-refractivity contribution in [1.29, 1.82) is 0 Å². The van der Waals surface area contributed by atoms with Crippen LogP contribution in [0.4, 0.5) is 0 Å². The van der Waals surface area contributed by atoms with E-state index in [1.165, 1.54) is 0 Å². The number of nitrogens with one attached hydrogen (secondary N) is 2.